The fourth-order valence-corrected chi connectivity index (χ4v) is 2.75. The lowest BCUT2D eigenvalue weighted by Crippen LogP contribution is -2.41. The molecule has 1 N–H and O–H groups in total. The van der Waals surface area contributed by atoms with E-state index < -0.39 is 18.3 Å². The fourth-order valence-electron chi connectivity index (χ4n) is 2.02. The first-order valence-electron chi connectivity index (χ1n) is 7.39. The predicted molar refractivity (Wildman–Crippen MR) is 87.9 cm³/mol. The molecule has 2 aromatic rings. The van der Waals surface area contributed by atoms with Gasteiger partial charge in [-0.05, 0) is 32.9 Å². The molecule has 0 bridgehead atoms. The second kappa shape index (κ2) is 7.42. The molecular formula is C15H18F3N5OS. The van der Waals surface area contributed by atoms with Crippen LogP contribution in [-0.2, 0) is 11.3 Å². The topological polar surface area (TPSA) is 72.7 Å². The SMILES string of the molecule is CC(C)(C)NC(=O)CSc1nnc(-c2ccncc2)n1CC(F)(F)F. The van der Waals surface area contributed by atoms with Crippen molar-refractivity contribution in [1.82, 2.24) is 25.1 Å². The number of hydrogen-bond donors (Lipinski definition) is 1. The Labute approximate surface area is 147 Å². The third kappa shape index (κ3) is 6.04. The number of nitrogens with zero attached hydrogens (tertiary/aromatic N) is 4. The van der Waals surface area contributed by atoms with Crippen molar-refractivity contribution in [3.63, 3.8) is 0 Å². The summed E-state index contributed by atoms with van der Waals surface area (Å²) in [4.78, 5) is 15.7. The Bertz CT molecular complexity index is 725. The molecule has 0 aromatic carbocycles. The van der Waals surface area contributed by atoms with Crippen molar-refractivity contribution in [3.05, 3.63) is 24.5 Å². The molecule has 0 fully saturated rings. The number of carbonyl (C=O) groups excluding carboxylic acids is 1. The Kier molecular flexibility index (Phi) is 5.71. The quantitative estimate of drug-likeness (QED) is 0.816. The molecule has 0 radical (unpaired) electrons. The number of thioether (sulfide) groups is 1. The van der Waals surface area contributed by atoms with Crippen LogP contribution in [0.5, 0.6) is 0 Å². The molecule has 136 valence electrons. The van der Waals surface area contributed by atoms with Gasteiger partial charge in [-0.3, -0.25) is 14.3 Å². The average molecular weight is 373 g/mol. The first-order chi connectivity index (χ1) is 11.6. The van der Waals surface area contributed by atoms with E-state index in [9.17, 15) is 18.0 Å². The second-order valence-electron chi connectivity index (χ2n) is 6.33. The van der Waals surface area contributed by atoms with Gasteiger partial charge in [-0.2, -0.15) is 13.2 Å². The molecule has 2 aromatic heterocycles. The van der Waals surface area contributed by atoms with Gasteiger partial charge >= 0.3 is 6.18 Å². The molecule has 0 unspecified atom stereocenters. The van der Waals surface area contributed by atoms with Crippen molar-refractivity contribution in [2.24, 2.45) is 0 Å². The number of hydrogen-bond acceptors (Lipinski definition) is 5. The van der Waals surface area contributed by atoms with E-state index in [2.05, 4.69) is 20.5 Å². The molecule has 0 saturated heterocycles. The van der Waals surface area contributed by atoms with Crippen LogP contribution < -0.4 is 5.32 Å². The zero-order chi connectivity index (χ0) is 18.7. The van der Waals surface area contributed by atoms with E-state index >= 15 is 0 Å². The van der Waals surface area contributed by atoms with E-state index in [1.54, 1.807) is 12.1 Å². The van der Waals surface area contributed by atoms with Gasteiger partial charge in [0.15, 0.2) is 11.0 Å². The van der Waals surface area contributed by atoms with Crippen LogP contribution >= 0.6 is 11.8 Å². The Balaban J connectivity index is 2.23. The van der Waals surface area contributed by atoms with Gasteiger partial charge in [0.1, 0.15) is 6.54 Å². The highest BCUT2D eigenvalue weighted by atomic mass is 32.2. The zero-order valence-corrected chi connectivity index (χ0v) is 14.8. The Hall–Kier alpha value is -2.10. The molecule has 2 rings (SSSR count). The van der Waals surface area contributed by atoms with Crippen LogP contribution in [0.4, 0.5) is 13.2 Å². The van der Waals surface area contributed by atoms with Gasteiger partial charge < -0.3 is 5.32 Å². The largest absolute Gasteiger partial charge is 0.406 e. The standard InChI is InChI=1S/C15H18F3N5OS/c1-14(2,3)20-11(24)8-25-13-22-21-12(10-4-6-19-7-5-10)23(13)9-15(16,17)18/h4-7H,8-9H2,1-3H3,(H,20,24). The van der Waals surface area contributed by atoms with Crippen LogP contribution in [0.3, 0.4) is 0 Å². The maximum Gasteiger partial charge on any atom is 0.406 e. The van der Waals surface area contributed by atoms with E-state index in [0.29, 0.717) is 5.56 Å². The minimum absolute atomic E-state index is 0.0354. The van der Waals surface area contributed by atoms with Gasteiger partial charge in [-0.15, -0.1) is 10.2 Å². The Morgan fingerprint density at radius 3 is 2.40 bits per heavy atom. The van der Waals surface area contributed by atoms with Crippen molar-refractivity contribution in [1.29, 1.82) is 0 Å². The van der Waals surface area contributed by atoms with E-state index in [-0.39, 0.29) is 22.6 Å². The molecule has 0 aliphatic carbocycles. The number of nitrogens with one attached hydrogen (secondary N) is 1. The smallest absolute Gasteiger partial charge is 0.351 e. The van der Waals surface area contributed by atoms with E-state index in [4.69, 9.17) is 0 Å². The summed E-state index contributed by atoms with van der Waals surface area (Å²) < 4.78 is 39.8. The summed E-state index contributed by atoms with van der Waals surface area (Å²) in [6.07, 6.45) is -1.51. The number of aromatic nitrogens is 4. The maximum atomic E-state index is 12.9. The van der Waals surface area contributed by atoms with Gasteiger partial charge in [-0.25, -0.2) is 0 Å². The molecular weight excluding hydrogens is 355 g/mol. The number of halogens is 3. The van der Waals surface area contributed by atoms with Crippen LogP contribution in [0, 0.1) is 0 Å². The summed E-state index contributed by atoms with van der Waals surface area (Å²) in [6, 6.07) is 3.11. The van der Waals surface area contributed by atoms with Gasteiger partial charge in [0.2, 0.25) is 5.91 Å². The molecule has 2 heterocycles. The highest BCUT2D eigenvalue weighted by molar-refractivity contribution is 7.99. The van der Waals surface area contributed by atoms with E-state index in [1.165, 1.54) is 12.4 Å². The molecule has 0 aliphatic rings. The summed E-state index contributed by atoms with van der Waals surface area (Å²) >= 11 is 0.914. The summed E-state index contributed by atoms with van der Waals surface area (Å²) in [5, 5.41) is 10.5. The summed E-state index contributed by atoms with van der Waals surface area (Å²) in [5.74, 6) is -0.258. The van der Waals surface area contributed by atoms with Crippen molar-refractivity contribution >= 4 is 17.7 Å². The molecule has 6 nitrogen and oxygen atoms in total. The summed E-state index contributed by atoms with van der Waals surface area (Å²) in [6.45, 7) is 4.23. The van der Waals surface area contributed by atoms with Gasteiger partial charge in [-0.1, -0.05) is 11.8 Å². The molecule has 0 atom stereocenters. The van der Waals surface area contributed by atoms with Crippen molar-refractivity contribution in [3.8, 4) is 11.4 Å². The minimum atomic E-state index is -4.44. The zero-order valence-electron chi connectivity index (χ0n) is 14.0. The van der Waals surface area contributed by atoms with Crippen molar-refractivity contribution < 1.29 is 18.0 Å². The number of amides is 1. The lowest BCUT2D eigenvalue weighted by Gasteiger charge is -2.20. The molecule has 0 aliphatic heterocycles. The maximum absolute atomic E-state index is 12.9. The Morgan fingerprint density at radius 2 is 1.84 bits per heavy atom. The number of alkyl halides is 3. The van der Waals surface area contributed by atoms with Gasteiger partial charge in [0.25, 0.3) is 0 Å². The summed E-state index contributed by atoms with van der Waals surface area (Å²) in [5.41, 5.74) is 0.0530. The molecule has 0 saturated carbocycles. The van der Waals surface area contributed by atoms with Crippen molar-refractivity contribution in [2.75, 3.05) is 5.75 Å². The third-order valence-corrected chi connectivity index (χ3v) is 3.81. The fraction of sp³-hybridized carbons (Fsp3) is 0.467. The van der Waals surface area contributed by atoms with Crippen LogP contribution in [0.15, 0.2) is 29.7 Å². The second-order valence-corrected chi connectivity index (χ2v) is 7.27. The molecule has 0 spiro atoms. The van der Waals surface area contributed by atoms with Gasteiger partial charge in [0, 0.05) is 23.5 Å². The molecule has 1 amide bonds. The van der Waals surface area contributed by atoms with Crippen LogP contribution in [0.1, 0.15) is 20.8 Å². The lowest BCUT2D eigenvalue weighted by atomic mass is 10.1. The van der Waals surface area contributed by atoms with E-state index in [1.807, 2.05) is 20.8 Å². The van der Waals surface area contributed by atoms with Crippen molar-refractivity contribution in [2.45, 2.75) is 44.2 Å². The monoisotopic (exact) mass is 373 g/mol. The number of rotatable bonds is 5. The first-order valence-corrected chi connectivity index (χ1v) is 8.38. The average Bonchev–Trinajstić information content (AvgIpc) is 2.85. The highest BCUT2D eigenvalue weighted by Gasteiger charge is 2.31. The Morgan fingerprint density at radius 1 is 1.20 bits per heavy atom. The molecule has 25 heavy (non-hydrogen) atoms. The highest BCUT2D eigenvalue weighted by Crippen LogP contribution is 2.28. The third-order valence-electron chi connectivity index (χ3n) is 2.84. The molecule has 10 heteroatoms. The van der Waals surface area contributed by atoms with E-state index in [0.717, 1.165) is 16.3 Å². The van der Waals surface area contributed by atoms with Gasteiger partial charge in [0.05, 0.1) is 5.75 Å². The first kappa shape index (κ1) is 19.2. The minimum Gasteiger partial charge on any atom is -0.351 e. The van der Waals surface area contributed by atoms with Crippen LogP contribution in [0.25, 0.3) is 11.4 Å². The lowest BCUT2D eigenvalue weighted by molar-refractivity contribution is -0.141. The van der Waals surface area contributed by atoms with Crippen LogP contribution in [0.2, 0.25) is 0 Å². The number of pyridine rings is 1. The normalized spacial score (nSPS) is 12.2. The number of carbonyl (C=O) groups is 1. The summed E-state index contributed by atoms with van der Waals surface area (Å²) in [7, 11) is 0. The van der Waals surface area contributed by atoms with Crippen LogP contribution in [-0.4, -0.2) is 43.1 Å². The predicted octanol–water partition coefficient (Wildman–Crippen LogP) is 2.91.